The van der Waals surface area contributed by atoms with Gasteiger partial charge in [-0.05, 0) is 18.2 Å². The number of rotatable bonds is 3. The highest BCUT2D eigenvalue weighted by Gasteiger charge is 2.17. The summed E-state index contributed by atoms with van der Waals surface area (Å²) in [5, 5.41) is 11.1. The maximum Gasteiger partial charge on any atom is 0.339 e. The number of pyridine rings is 1. The van der Waals surface area contributed by atoms with Crippen molar-refractivity contribution >= 4 is 33.4 Å². The van der Waals surface area contributed by atoms with E-state index in [-0.39, 0.29) is 10.3 Å². The van der Waals surface area contributed by atoms with Crippen molar-refractivity contribution in [3.05, 3.63) is 51.9 Å². The highest BCUT2D eigenvalue weighted by Crippen LogP contribution is 2.27. The van der Waals surface area contributed by atoms with E-state index in [1.165, 1.54) is 0 Å². The van der Waals surface area contributed by atoms with Crippen LogP contribution in [-0.2, 0) is 0 Å². The minimum Gasteiger partial charge on any atom is -0.478 e. The van der Waals surface area contributed by atoms with Crippen LogP contribution in [0.5, 0.6) is 0 Å². The maximum absolute atomic E-state index is 13.6. The lowest BCUT2D eigenvalue weighted by atomic mass is 10.2. The van der Waals surface area contributed by atoms with Gasteiger partial charge in [0.2, 0.25) is 0 Å². The van der Waals surface area contributed by atoms with E-state index in [2.05, 4.69) is 26.2 Å². The fourth-order valence-corrected chi connectivity index (χ4v) is 1.88. The highest BCUT2D eigenvalue weighted by molar-refractivity contribution is 9.10. The molecule has 2 aromatic rings. The largest absolute Gasteiger partial charge is 0.478 e. The zero-order valence-electron chi connectivity index (χ0n) is 9.62. The number of aromatic nitrogens is 1. The smallest absolute Gasteiger partial charge is 0.339 e. The fraction of sp³-hybridized carbons (Fsp3) is 0. The summed E-state index contributed by atoms with van der Waals surface area (Å²) in [7, 11) is 0. The van der Waals surface area contributed by atoms with E-state index in [4.69, 9.17) is 5.11 Å². The first-order valence-corrected chi connectivity index (χ1v) is 5.98. The molecule has 0 spiro atoms. The van der Waals surface area contributed by atoms with Crippen LogP contribution in [0.4, 0.5) is 24.7 Å². The van der Waals surface area contributed by atoms with Crippen molar-refractivity contribution in [1.29, 1.82) is 0 Å². The van der Waals surface area contributed by atoms with Crippen LogP contribution in [0.25, 0.3) is 0 Å². The molecule has 0 saturated carbocycles. The summed E-state index contributed by atoms with van der Waals surface area (Å²) in [6, 6.07) is 2.69. The van der Waals surface area contributed by atoms with E-state index in [1.54, 1.807) is 0 Å². The maximum atomic E-state index is 13.6. The molecule has 0 fully saturated rings. The Hall–Kier alpha value is -2.09. The topological polar surface area (TPSA) is 62.2 Å². The molecule has 0 bridgehead atoms. The lowest BCUT2D eigenvalue weighted by Crippen LogP contribution is -2.07. The summed E-state index contributed by atoms with van der Waals surface area (Å²) in [5.74, 6) is -4.60. The Morgan fingerprint density at radius 2 is 1.80 bits per heavy atom. The van der Waals surface area contributed by atoms with E-state index in [0.717, 1.165) is 18.3 Å². The molecule has 4 nitrogen and oxygen atoms in total. The zero-order valence-corrected chi connectivity index (χ0v) is 11.2. The van der Waals surface area contributed by atoms with Crippen LogP contribution in [-0.4, -0.2) is 16.1 Å². The van der Waals surface area contributed by atoms with Gasteiger partial charge in [0.25, 0.3) is 0 Å². The Bertz CT molecular complexity index is 671. The van der Waals surface area contributed by atoms with E-state index >= 15 is 0 Å². The Labute approximate surface area is 119 Å². The first-order chi connectivity index (χ1) is 9.38. The number of nitrogens with one attached hydrogen (secondary N) is 1. The summed E-state index contributed by atoms with van der Waals surface area (Å²) in [5.41, 5.74) is -1.11. The first kappa shape index (κ1) is 14.3. The monoisotopic (exact) mass is 346 g/mol. The molecule has 0 unspecified atom stereocenters. The number of carboxylic acids is 1. The lowest BCUT2D eigenvalue weighted by molar-refractivity contribution is 0.0697. The molecule has 1 heterocycles. The Balaban J connectivity index is 2.48. The predicted molar refractivity (Wildman–Crippen MR) is 68.5 cm³/mol. The van der Waals surface area contributed by atoms with Gasteiger partial charge in [-0.15, -0.1) is 0 Å². The van der Waals surface area contributed by atoms with Gasteiger partial charge in [-0.2, -0.15) is 0 Å². The molecule has 8 heteroatoms. The molecule has 20 heavy (non-hydrogen) atoms. The molecular weight excluding hydrogens is 341 g/mol. The molecule has 0 aliphatic carbocycles. The van der Waals surface area contributed by atoms with E-state index in [9.17, 15) is 18.0 Å². The van der Waals surface area contributed by atoms with Gasteiger partial charge in [0, 0.05) is 4.47 Å². The number of benzene rings is 1. The molecule has 2 rings (SSSR count). The Morgan fingerprint density at radius 1 is 1.20 bits per heavy atom. The van der Waals surface area contributed by atoms with Gasteiger partial charge in [-0.1, -0.05) is 15.9 Å². The van der Waals surface area contributed by atoms with Gasteiger partial charge < -0.3 is 10.4 Å². The normalized spacial score (nSPS) is 10.4. The number of carboxylic acid groups (broad SMARTS) is 1. The number of aromatic carboxylic acids is 1. The second-order valence-electron chi connectivity index (χ2n) is 3.72. The molecule has 0 amide bonds. The second-order valence-corrected chi connectivity index (χ2v) is 4.64. The molecular formula is C12H6BrF3N2O2. The molecule has 0 radical (unpaired) electrons. The van der Waals surface area contributed by atoms with Crippen LogP contribution in [0.2, 0.25) is 0 Å². The van der Waals surface area contributed by atoms with Crippen molar-refractivity contribution in [1.82, 2.24) is 4.98 Å². The fourth-order valence-electron chi connectivity index (χ4n) is 1.48. The van der Waals surface area contributed by atoms with Crippen LogP contribution >= 0.6 is 15.9 Å². The number of halogens is 4. The number of hydrogen-bond donors (Lipinski definition) is 2. The number of nitrogens with zero attached hydrogens (tertiary/aromatic N) is 1. The quantitative estimate of drug-likeness (QED) is 0.889. The van der Waals surface area contributed by atoms with Crippen molar-refractivity contribution < 1.29 is 23.1 Å². The predicted octanol–water partition coefficient (Wildman–Crippen LogP) is 3.70. The molecule has 0 aliphatic rings. The minimum absolute atomic E-state index is 0.184. The van der Waals surface area contributed by atoms with Crippen molar-refractivity contribution in [2.75, 3.05) is 5.32 Å². The standard InChI is InChI=1S/C12H6BrF3N2O2/c13-5-1-8(15)10(9(16)2-5)18-11-7(12(19)20)3-6(14)4-17-11/h1-4H,(H,17,18)(H,19,20). The molecule has 0 atom stereocenters. The van der Waals surface area contributed by atoms with Crippen LogP contribution in [0.15, 0.2) is 28.9 Å². The first-order valence-electron chi connectivity index (χ1n) is 5.19. The number of carbonyl (C=O) groups is 1. The Morgan fingerprint density at radius 3 is 2.35 bits per heavy atom. The lowest BCUT2D eigenvalue weighted by Gasteiger charge is -2.10. The molecule has 0 aliphatic heterocycles. The van der Waals surface area contributed by atoms with Gasteiger partial charge in [0.1, 0.15) is 22.9 Å². The summed E-state index contributed by atoms with van der Waals surface area (Å²) >= 11 is 2.91. The average molecular weight is 347 g/mol. The van der Waals surface area contributed by atoms with Crippen molar-refractivity contribution in [2.45, 2.75) is 0 Å². The van der Waals surface area contributed by atoms with Gasteiger partial charge >= 0.3 is 5.97 Å². The SMILES string of the molecule is O=C(O)c1cc(F)cnc1Nc1c(F)cc(Br)cc1F. The van der Waals surface area contributed by atoms with Gasteiger partial charge in [0.15, 0.2) is 11.6 Å². The molecule has 104 valence electrons. The number of hydrogen-bond acceptors (Lipinski definition) is 3. The second kappa shape index (κ2) is 5.49. The summed E-state index contributed by atoms with van der Waals surface area (Å²) in [4.78, 5) is 14.4. The summed E-state index contributed by atoms with van der Waals surface area (Å²) in [6.07, 6.45) is 0.740. The Kier molecular flexibility index (Phi) is 3.93. The molecule has 2 N–H and O–H groups in total. The minimum atomic E-state index is -1.47. The number of anilines is 2. The van der Waals surface area contributed by atoms with E-state index < -0.39 is 34.7 Å². The van der Waals surface area contributed by atoms with E-state index in [0.29, 0.717) is 6.07 Å². The third kappa shape index (κ3) is 2.90. The highest BCUT2D eigenvalue weighted by atomic mass is 79.9. The summed E-state index contributed by atoms with van der Waals surface area (Å²) in [6.45, 7) is 0. The van der Waals surface area contributed by atoms with Crippen LogP contribution < -0.4 is 5.32 Å². The van der Waals surface area contributed by atoms with Crippen LogP contribution in [0, 0.1) is 17.5 Å². The van der Waals surface area contributed by atoms with Gasteiger partial charge in [0.05, 0.1) is 6.20 Å². The van der Waals surface area contributed by atoms with Crippen molar-refractivity contribution in [3.63, 3.8) is 0 Å². The summed E-state index contributed by atoms with van der Waals surface area (Å²) < 4.78 is 40.4. The van der Waals surface area contributed by atoms with Crippen LogP contribution in [0.3, 0.4) is 0 Å². The average Bonchev–Trinajstić information content (AvgIpc) is 2.34. The van der Waals surface area contributed by atoms with Crippen LogP contribution in [0.1, 0.15) is 10.4 Å². The van der Waals surface area contributed by atoms with Gasteiger partial charge in [-0.25, -0.2) is 22.9 Å². The molecule has 1 aromatic heterocycles. The van der Waals surface area contributed by atoms with Crippen molar-refractivity contribution in [3.8, 4) is 0 Å². The third-order valence-corrected chi connectivity index (χ3v) is 2.79. The molecule has 1 aromatic carbocycles. The third-order valence-electron chi connectivity index (χ3n) is 2.34. The molecule has 0 saturated heterocycles. The van der Waals surface area contributed by atoms with Crippen molar-refractivity contribution in [2.24, 2.45) is 0 Å². The zero-order chi connectivity index (χ0) is 14.9. The van der Waals surface area contributed by atoms with E-state index in [1.807, 2.05) is 0 Å². The van der Waals surface area contributed by atoms with Gasteiger partial charge in [-0.3, -0.25) is 0 Å².